The maximum atomic E-state index is 2.45. The Hall–Kier alpha value is -8.72. The van der Waals surface area contributed by atoms with Gasteiger partial charge in [0, 0.05) is 32.9 Å². The topological polar surface area (TPSA) is 9.86 Å². The van der Waals surface area contributed by atoms with Crippen LogP contribution in [0.2, 0.25) is 0 Å². The van der Waals surface area contributed by atoms with Gasteiger partial charge in [-0.15, -0.1) is 0 Å². The molecule has 2 heterocycles. The van der Waals surface area contributed by atoms with Gasteiger partial charge in [0.15, 0.2) is 0 Å². The minimum Gasteiger partial charge on any atom is -0.309 e. The Morgan fingerprint density at radius 2 is 0.621 bits per heavy atom. The molecule has 2 aromatic heterocycles. The van der Waals surface area contributed by atoms with Crippen molar-refractivity contribution in [2.75, 3.05) is 0 Å². The summed E-state index contributed by atoms with van der Waals surface area (Å²) in [6, 6.07) is 89.5. The van der Waals surface area contributed by atoms with Crippen molar-refractivity contribution in [3.8, 4) is 44.8 Å². The molecule has 0 saturated heterocycles. The number of benzene rings is 12. The second-order valence-corrected chi connectivity index (χ2v) is 17.6. The average Bonchev–Trinajstić information content (AvgIpc) is 3.91. The highest BCUT2D eigenvalue weighted by molar-refractivity contribution is 6.33. The van der Waals surface area contributed by atoms with Crippen LogP contribution in [-0.2, 0) is 0 Å². The Labute approximate surface area is 381 Å². The molecule has 66 heavy (non-hydrogen) atoms. The summed E-state index contributed by atoms with van der Waals surface area (Å²) in [6.07, 6.45) is 0. The third-order valence-electron chi connectivity index (χ3n) is 14.1. The van der Waals surface area contributed by atoms with Gasteiger partial charge in [-0.1, -0.05) is 176 Å². The van der Waals surface area contributed by atoms with Crippen molar-refractivity contribution in [3.63, 3.8) is 0 Å². The van der Waals surface area contributed by atoms with Crippen LogP contribution in [-0.4, -0.2) is 9.13 Å². The molecular weight excluding hydrogens is 797 g/mol. The zero-order valence-electron chi connectivity index (χ0n) is 36.0. The average molecular weight is 837 g/mol. The predicted octanol–water partition coefficient (Wildman–Crippen LogP) is 17.5. The highest BCUT2D eigenvalue weighted by Crippen LogP contribution is 2.44. The van der Waals surface area contributed by atoms with Crippen LogP contribution in [0.3, 0.4) is 0 Å². The van der Waals surface area contributed by atoms with Crippen LogP contribution in [0.4, 0.5) is 0 Å². The number of hydrogen-bond acceptors (Lipinski definition) is 0. The van der Waals surface area contributed by atoms with E-state index in [1.165, 1.54) is 120 Å². The van der Waals surface area contributed by atoms with E-state index in [4.69, 9.17) is 0 Å². The van der Waals surface area contributed by atoms with Gasteiger partial charge in [-0.25, -0.2) is 0 Å². The van der Waals surface area contributed by atoms with Crippen molar-refractivity contribution in [1.29, 1.82) is 0 Å². The molecule has 0 aliphatic rings. The minimum absolute atomic E-state index is 1.14. The Bertz CT molecular complexity index is 4260. The van der Waals surface area contributed by atoms with Crippen molar-refractivity contribution in [2.24, 2.45) is 0 Å². The van der Waals surface area contributed by atoms with Crippen LogP contribution in [0.15, 0.2) is 243 Å². The predicted molar refractivity (Wildman–Crippen MR) is 281 cm³/mol. The van der Waals surface area contributed by atoms with E-state index in [1.54, 1.807) is 0 Å². The maximum absolute atomic E-state index is 2.45. The fourth-order valence-electron chi connectivity index (χ4n) is 11.1. The molecule has 0 saturated carbocycles. The lowest BCUT2D eigenvalue weighted by molar-refractivity contribution is 1.18. The summed E-state index contributed by atoms with van der Waals surface area (Å²) in [5, 5.41) is 15.3. The maximum Gasteiger partial charge on any atom is 0.0541 e. The van der Waals surface area contributed by atoms with Gasteiger partial charge in [0.05, 0.1) is 22.1 Å². The molecular formula is C64H40N2. The van der Waals surface area contributed by atoms with Gasteiger partial charge < -0.3 is 9.13 Å². The van der Waals surface area contributed by atoms with Crippen LogP contribution >= 0.6 is 0 Å². The van der Waals surface area contributed by atoms with Crippen molar-refractivity contribution in [3.05, 3.63) is 243 Å². The lowest BCUT2D eigenvalue weighted by Gasteiger charge is -2.17. The second kappa shape index (κ2) is 14.4. The van der Waals surface area contributed by atoms with Gasteiger partial charge in [0.25, 0.3) is 0 Å². The number of para-hydroxylation sites is 2. The van der Waals surface area contributed by atoms with Crippen molar-refractivity contribution in [1.82, 2.24) is 9.13 Å². The van der Waals surface area contributed by atoms with Gasteiger partial charge in [0.1, 0.15) is 0 Å². The summed E-state index contributed by atoms with van der Waals surface area (Å²) in [5.74, 6) is 0. The first-order valence-corrected chi connectivity index (χ1v) is 22.8. The van der Waals surface area contributed by atoms with Crippen LogP contribution in [0, 0.1) is 0 Å². The van der Waals surface area contributed by atoms with Gasteiger partial charge in [0.2, 0.25) is 0 Å². The number of hydrogen-bond donors (Lipinski definition) is 0. The fraction of sp³-hybridized carbons (Fsp3) is 0. The fourth-order valence-corrected chi connectivity index (χ4v) is 11.1. The Morgan fingerprint density at radius 3 is 1.24 bits per heavy atom. The minimum atomic E-state index is 1.14. The summed E-state index contributed by atoms with van der Waals surface area (Å²) in [6.45, 7) is 0. The Kier molecular flexibility index (Phi) is 8.02. The van der Waals surface area contributed by atoms with E-state index in [0.29, 0.717) is 0 Å². The first-order chi connectivity index (χ1) is 32.7. The second-order valence-electron chi connectivity index (χ2n) is 17.6. The van der Waals surface area contributed by atoms with Crippen molar-refractivity contribution in [2.45, 2.75) is 0 Å². The van der Waals surface area contributed by atoms with Crippen LogP contribution in [0.25, 0.3) is 131 Å². The zero-order chi connectivity index (χ0) is 43.3. The van der Waals surface area contributed by atoms with Gasteiger partial charge in [-0.2, -0.15) is 0 Å². The zero-order valence-corrected chi connectivity index (χ0v) is 36.0. The van der Waals surface area contributed by atoms with Crippen LogP contribution in [0.5, 0.6) is 0 Å². The lowest BCUT2D eigenvalue weighted by atomic mass is 9.87. The van der Waals surface area contributed by atoms with E-state index >= 15 is 0 Å². The van der Waals surface area contributed by atoms with E-state index in [-0.39, 0.29) is 0 Å². The Morgan fingerprint density at radius 1 is 0.197 bits per heavy atom. The Balaban J connectivity index is 0.907. The molecule has 0 amide bonds. The summed E-state index contributed by atoms with van der Waals surface area (Å²) in [5.41, 5.74) is 14.4. The number of rotatable bonds is 5. The smallest absolute Gasteiger partial charge is 0.0541 e. The molecule has 14 aromatic rings. The largest absolute Gasteiger partial charge is 0.309 e. The molecule has 306 valence electrons. The molecule has 0 unspecified atom stereocenters. The lowest BCUT2D eigenvalue weighted by Crippen LogP contribution is -1.95. The van der Waals surface area contributed by atoms with Crippen molar-refractivity contribution < 1.29 is 0 Å². The highest BCUT2D eigenvalue weighted by atomic mass is 15.0. The third kappa shape index (κ3) is 5.49. The molecule has 0 aliphatic carbocycles. The molecule has 2 heteroatoms. The quantitative estimate of drug-likeness (QED) is 0.153. The summed E-state index contributed by atoms with van der Waals surface area (Å²) >= 11 is 0. The van der Waals surface area contributed by atoms with Crippen molar-refractivity contribution >= 4 is 86.7 Å². The molecule has 0 spiro atoms. The van der Waals surface area contributed by atoms with Gasteiger partial charge >= 0.3 is 0 Å². The molecule has 0 aliphatic heterocycles. The summed E-state index contributed by atoms with van der Waals surface area (Å²) in [4.78, 5) is 0. The summed E-state index contributed by atoms with van der Waals surface area (Å²) < 4.78 is 4.85. The van der Waals surface area contributed by atoms with Gasteiger partial charge in [-0.3, -0.25) is 0 Å². The monoisotopic (exact) mass is 836 g/mol. The molecule has 12 aromatic carbocycles. The van der Waals surface area contributed by atoms with E-state index in [0.717, 1.165) is 11.4 Å². The summed E-state index contributed by atoms with van der Waals surface area (Å²) in [7, 11) is 0. The van der Waals surface area contributed by atoms with E-state index in [2.05, 4.69) is 252 Å². The first-order valence-electron chi connectivity index (χ1n) is 22.8. The standard InChI is InChI=1S/C64H40N2/c1-2-15-41(16-3-1)42-29-33-46(34-30-42)65-60-27-12-10-23-52(60)57-38-43(31-35-62(57)65)44-32-36-63-58(39-44)53-24-11-13-28-61(53)66(63)47-18-14-17-45(37-47)56-40-59-50-21-5-4-19-48(50)49-20-6-8-25-54(49)64(59)55-26-9-7-22-51(55)56/h1-40H. The normalized spacial score (nSPS) is 11.9. The van der Waals surface area contributed by atoms with E-state index in [9.17, 15) is 0 Å². The van der Waals surface area contributed by atoms with E-state index in [1.807, 2.05) is 0 Å². The molecule has 0 bridgehead atoms. The highest BCUT2D eigenvalue weighted by Gasteiger charge is 2.19. The molecule has 0 fully saturated rings. The molecule has 2 nitrogen and oxygen atoms in total. The molecule has 14 rings (SSSR count). The number of fused-ring (bicyclic) bond motifs is 14. The number of nitrogens with zero attached hydrogens (tertiary/aromatic N) is 2. The molecule has 0 radical (unpaired) electrons. The van der Waals surface area contributed by atoms with E-state index < -0.39 is 0 Å². The van der Waals surface area contributed by atoms with Crippen LogP contribution < -0.4 is 0 Å². The molecule has 0 atom stereocenters. The SMILES string of the molecule is c1ccc(-c2ccc(-n3c4ccccc4c4cc(-c5ccc6c(c5)c5ccccc5n6-c5cccc(-c6cc7c8ccccc8c8ccccc8c7c7ccccc67)c5)ccc43)cc2)cc1. The third-order valence-corrected chi connectivity index (χ3v) is 14.1. The first kappa shape index (κ1) is 36.7. The van der Waals surface area contributed by atoms with Crippen LogP contribution in [0.1, 0.15) is 0 Å². The number of aromatic nitrogens is 2. The van der Waals surface area contributed by atoms with Gasteiger partial charge in [-0.05, 0) is 143 Å². The molecule has 0 N–H and O–H groups in total.